The number of nitrogens with one attached hydrogen (secondary N) is 1. The first-order chi connectivity index (χ1) is 6.07. The number of carbonyl (C=O) groups is 2. The van der Waals surface area contributed by atoms with Crippen molar-refractivity contribution in [2.75, 3.05) is 11.0 Å². The normalized spacial score (nSPS) is 12.2. The summed E-state index contributed by atoms with van der Waals surface area (Å²) in [6.45, 7) is 0.489. The molecule has 0 spiro atoms. The second kappa shape index (κ2) is 7.07. The minimum atomic E-state index is -1.000. The molecule has 0 radical (unpaired) electrons. The van der Waals surface area contributed by atoms with Crippen LogP contribution < -0.4 is 11.1 Å². The standard InChI is InChI=1S/C7H13IN2O3/c8-4-6(11)10-3-1-2-5(9)7(12)13/h5H,1-4,9H2,(H,10,11)(H,12,13)/t5-/m1/s1. The van der Waals surface area contributed by atoms with Gasteiger partial charge in [-0.25, -0.2) is 0 Å². The molecule has 0 saturated carbocycles. The third-order valence-corrected chi connectivity index (χ3v) is 2.15. The summed E-state index contributed by atoms with van der Waals surface area (Å²) in [4.78, 5) is 21.0. The molecule has 0 aliphatic rings. The predicted molar refractivity (Wildman–Crippen MR) is 56.7 cm³/mol. The van der Waals surface area contributed by atoms with Crippen LogP contribution >= 0.6 is 22.6 Å². The average molecular weight is 300 g/mol. The summed E-state index contributed by atoms with van der Waals surface area (Å²) in [7, 11) is 0. The van der Waals surface area contributed by atoms with Gasteiger partial charge in [-0.1, -0.05) is 22.6 Å². The van der Waals surface area contributed by atoms with Gasteiger partial charge in [0.2, 0.25) is 5.91 Å². The van der Waals surface area contributed by atoms with E-state index >= 15 is 0 Å². The van der Waals surface area contributed by atoms with Gasteiger partial charge in [-0.3, -0.25) is 9.59 Å². The Morgan fingerprint density at radius 1 is 1.54 bits per heavy atom. The molecule has 1 amide bonds. The molecule has 76 valence electrons. The Balaban J connectivity index is 3.35. The maximum atomic E-state index is 10.7. The molecule has 0 bridgehead atoms. The zero-order chi connectivity index (χ0) is 10.3. The molecule has 0 heterocycles. The van der Waals surface area contributed by atoms with Gasteiger partial charge < -0.3 is 16.2 Å². The number of carbonyl (C=O) groups excluding carboxylic acids is 1. The molecule has 1 atom stereocenters. The summed E-state index contributed by atoms with van der Waals surface area (Å²) in [5, 5.41) is 11.1. The van der Waals surface area contributed by atoms with E-state index in [-0.39, 0.29) is 5.91 Å². The molecule has 4 N–H and O–H groups in total. The smallest absolute Gasteiger partial charge is 0.320 e. The largest absolute Gasteiger partial charge is 0.480 e. The molecular formula is C7H13IN2O3. The summed E-state index contributed by atoms with van der Waals surface area (Å²) >= 11 is 1.96. The number of carboxylic acids is 1. The molecule has 13 heavy (non-hydrogen) atoms. The lowest BCUT2D eigenvalue weighted by Crippen LogP contribution is -2.32. The Kier molecular flexibility index (Phi) is 6.87. The third-order valence-electron chi connectivity index (χ3n) is 1.45. The first kappa shape index (κ1) is 12.6. The molecule has 0 aromatic carbocycles. The minimum absolute atomic E-state index is 0.0375. The molecule has 0 unspecified atom stereocenters. The van der Waals surface area contributed by atoms with Gasteiger partial charge in [-0.05, 0) is 12.8 Å². The third kappa shape index (κ3) is 6.76. The zero-order valence-electron chi connectivity index (χ0n) is 7.12. The number of aliphatic carboxylic acids is 1. The summed E-state index contributed by atoms with van der Waals surface area (Å²) < 4.78 is 0.419. The lowest BCUT2D eigenvalue weighted by atomic mass is 10.2. The lowest BCUT2D eigenvalue weighted by Gasteiger charge is -2.06. The molecule has 5 nitrogen and oxygen atoms in total. The van der Waals surface area contributed by atoms with Gasteiger partial charge in [0.05, 0.1) is 4.43 Å². The number of amides is 1. The molecular weight excluding hydrogens is 287 g/mol. The van der Waals surface area contributed by atoms with E-state index in [1.807, 2.05) is 22.6 Å². The quantitative estimate of drug-likeness (QED) is 0.358. The zero-order valence-corrected chi connectivity index (χ0v) is 9.28. The number of carboxylic acid groups (broad SMARTS) is 1. The highest BCUT2D eigenvalue weighted by Gasteiger charge is 2.10. The Labute approximate surface area is 90.2 Å². The van der Waals surface area contributed by atoms with Crippen molar-refractivity contribution >= 4 is 34.5 Å². The van der Waals surface area contributed by atoms with Gasteiger partial charge in [0.1, 0.15) is 6.04 Å². The second-order valence-corrected chi connectivity index (χ2v) is 3.33. The second-order valence-electron chi connectivity index (χ2n) is 2.57. The maximum Gasteiger partial charge on any atom is 0.320 e. The summed E-state index contributed by atoms with van der Waals surface area (Å²) in [5.41, 5.74) is 5.25. The SMILES string of the molecule is N[C@H](CCCNC(=O)CI)C(=O)O. The highest BCUT2D eigenvalue weighted by atomic mass is 127. The van der Waals surface area contributed by atoms with Crippen LogP contribution in [-0.2, 0) is 9.59 Å². The van der Waals surface area contributed by atoms with Crippen LogP contribution in [0.3, 0.4) is 0 Å². The Morgan fingerprint density at radius 3 is 2.62 bits per heavy atom. The van der Waals surface area contributed by atoms with E-state index in [1.54, 1.807) is 0 Å². The number of alkyl halides is 1. The molecule has 6 heteroatoms. The summed E-state index contributed by atoms with van der Waals surface area (Å²) in [6, 6.07) is -0.823. The summed E-state index contributed by atoms with van der Waals surface area (Å²) in [6.07, 6.45) is 0.979. The van der Waals surface area contributed by atoms with Gasteiger partial charge in [0.15, 0.2) is 0 Å². The van der Waals surface area contributed by atoms with Crippen molar-refractivity contribution in [2.24, 2.45) is 5.73 Å². The molecule has 0 fully saturated rings. The molecule has 0 aliphatic heterocycles. The van der Waals surface area contributed by atoms with Crippen LogP contribution in [0.25, 0.3) is 0 Å². The molecule has 0 aliphatic carbocycles. The number of rotatable bonds is 6. The fourth-order valence-corrected chi connectivity index (χ4v) is 0.990. The molecule has 0 saturated heterocycles. The average Bonchev–Trinajstić information content (AvgIpc) is 2.11. The first-order valence-corrected chi connectivity index (χ1v) is 5.41. The fourth-order valence-electron chi connectivity index (χ4n) is 0.721. The molecule has 0 rings (SSSR count). The van der Waals surface area contributed by atoms with Gasteiger partial charge in [-0.2, -0.15) is 0 Å². The van der Waals surface area contributed by atoms with E-state index in [2.05, 4.69) is 5.32 Å². The topological polar surface area (TPSA) is 92.4 Å². The van der Waals surface area contributed by atoms with Crippen molar-refractivity contribution in [3.05, 3.63) is 0 Å². The van der Waals surface area contributed by atoms with Crippen molar-refractivity contribution < 1.29 is 14.7 Å². The monoisotopic (exact) mass is 300 g/mol. The predicted octanol–water partition coefficient (Wildman–Crippen LogP) is -0.270. The Bertz CT molecular complexity index is 187. The van der Waals surface area contributed by atoms with Gasteiger partial charge in [0.25, 0.3) is 0 Å². The molecule has 0 aromatic heterocycles. The number of hydrogen-bond donors (Lipinski definition) is 3. The van der Waals surface area contributed by atoms with Crippen LogP contribution in [0.5, 0.6) is 0 Å². The van der Waals surface area contributed by atoms with Gasteiger partial charge in [0, 0.05) is 6.54 Å². The summed E-state index contributed by atoms with van der Waals surface area (Å²) in [5.74, 6) is -1.04. The highest BCUT2D eigenvalue weighted by Crippen LogP contribution is 1.93. The maximum absolute atomic E-state index is 10.7. The fraction of sp³-hybridized carbons (Fsp3) is 0.714. The van der Waals surface area contributed by atoms with Gasteiger partial charge in [-0.15, -0.1) is 0 Å². The van der Waals surface area contributed by atoms with E-state index in [9.17, 15) is 9.59 Å². The van der Waals surface area contributed by atoms with E-state index in [0.29, 0.717) is 23.8 Å². The van der Waals surface area contributed by atoms with E-state index in [1.165, 1.54) is 0 Å². The lowest BCUT2D eigenvalue weighted by molar-refractivity contribution is -0.138. The van der Waals surface area contributed by atoms with Crippen molar-refractivity contribution in [3.8, 4) is 0 Å². The van der Waals surface area contributed by atoms with Crippen molar-refractivity contribution in [1.29, 1.82) is 0 Å². The van der Waals surface area contributed by atoms with Crippen LogP contribution in [0.2, 0.25) is 0 Å². The minimum Gasteiger partial charge on any atom is -0.480 e. The van der Waals surface area contributed by atoms with E-state index in [0.717, 1.165) is 0 Å². The van der Waals surface area contributed by atoms with Crippen LogP contribution in [0, 0.1) is 0 Å². The number of halogens is 1. The van der Waals surface area contributed by atoms with Crippen LogP contribution in [0.4, 0.5) is 0 Å². The highest BCUT2D eigenvalue weighted by molar-refractivity contribution is 14.1. The number of nitrogens with two attached hydrogens (primary N) is 1. The van der Waals surface area contributed by atoms with Crippen LogP contribution in [0.15, 0.2) is 0 Å². The van der Waals surface area contributed by atoms with Gasteiger partial charge >= 0.3 is 5.97 Å². The van der Waals surface area contributed by atoms with Crippen molar-refractivity contribution in [2.45, 2.75) is 18.9 Å². The van der Waals surface area contributed by atoms with Crippen LogP contribution in [0.1, 0.15) is 12.8 Å². The number of hydrogen-bond acceptors (Lipinski definition) is 3. The van der Waals surface area contributed by atoms with Crippen molar-refractivity contribution in [3.63, 3.8) is 0 Å². The Morgan fingerprint density at radius 2 is 2.15 bits per heavy atom. The molecule has 0 aromatic rings. The van der Waals surface area contributed by atoms with Crippen LogP contribution in [-0.4, -0.2) is 34.0 Å². The van der Waals surface area contributed by atoms with E-state index < -0.39 is 12.0 Å². The van der Waals surface area contributed by atoms with Crippen molar-refractivity contribution in [1.82, 2.24) is 5.32 Å². The first-order valence-electron chi connectivity index (χ1n) is 3.89. The van der Waals surface area contributed by atoms with E-state index in [4.69, 9.17) is 10.8 Å². The Hall–Kier alpha value is -0.370.